The van der Waals surface area contributed by atoms with Crippen LogP contribution in [0.2, 0.25) is 0 Å². The van der Waals surface area contributed by atoms with E-state index in [1.165, 1.54) is 12.3 Å². The lowest BCUT2D eigenvalue weighted by Crippen LogP contribution is -2.00. The zero-order valence-corrected chi connectivity index (χ0v) is 8.40. The molecular weight excluding hydrogens is 214 g/mol. The normalized spacial score (nSPS) is 10.7. The van der Waals surface area contributed by atoms with E-state index in [4.69, 9.17) is 5.11 Å². The Hall–Kier alpha value is -1.75. The van der Waals surface area contributed by atoms with Crippen molar-refractivity contribution in [1.82, 2.24) is 9.78 Å². The minimum atomic E-state index is -0.868. The van der Waals surface area contributed by atoms with Gasteiger partial charge in [-0.2, -0.15) is 5.10 Å². The molecule has 0 aliphatic carbocycles. The van der Waals surface area contributed by atoms with Crippen molar-refractivity contribution in [1.29, 1.82) is 0 Å². The lowest BCUT2D eigenvalue weighted by atomic mass is 10.2. The third-order valence-corrected chi connectivity index (χ3v) is 2.20. The molecule has 0 unspecified atom stereocenters. The second-order valence-electron chi connectivity index (χ2n) is 3.45. The molecule has 3 nitrogen and oxygen atoms in total. The second-order valence-corrected chi connectivity index (χ2v) is 3.45. The maximum Gasteiger partial charge on any atom is 0.159 e. The van der Waals surface area contributed by atoms with Gasteiger partial charge in [0.25, 0.3) is 0 Å². The SMILES string of the molecule is OCc1cnn(Cc2ccc(F)c(F)c2)c1. The van der Waals surface area contributed by atoms with Crippen LogP contribution in [0.1, 0.15) is 11.1 Å². The molecule has 0 spiro atoms. The fraction of sp³-hybridized carbons (Fsp3) is 0.182. The summed E-state index contributed by atoms with van der Waals surface area (Å²) in [4.78, 5) is 0. The van der Waals surface area contributed by atoms with Crippen LogP contribution >= 0.6 is 0 Å². The monoisotopic (exact) mass is 224 g/mol. The predicted octanol–water partition coefficient (Wildman–Crippen LogP) is 1.70. The molecule has 16 heavy (non-hydrogen) atoms. The van der Waals surface area contributed by atoms with Crippen molar-refractivity contribution in [3.05, 3.63) is 53.4 Å². The van der Waals surface area contributed by atoms with E-state index in [1.54, 1.807) is 10.9 Å². The van der Waals surface area contributed by atoms with Gasteiger partial charge in [0.2, 0.25) is 0 Å². The molecule has 2 aromatic rings. The van der Waals surface area contributed by atoms with Crippen molar-refractivity contribution in [3.8, 4) is 0 Å². The molecule has 0 atom stereocenters. The van der Waals surface area contributed by atoms with Crippen molar-refractivity contribution in [3.63, 3.8) is 0 Å². The summed E-state index contributed by atoms with van der Waals surface area (Å²) in [7, 11) is 0. The van der Waals surface area contributed by atoms with Crippen LogP contribution in [0, 0.1) is 11.6 Å². The Balaban J connectivity index is 2.17. The summed E-state index contributed by atoms with van der Waals surface area (Å²) in [6.45, 7) is 0.259. The van der Waals surface area contributed by atoms with Gasteiger partial charge in [0.15, 0.2) is 11.6 Å². The lowest BCUT2D eigenvalue weighted by Gasteiger charge is -2.02. The van der Waals surface area contributed by atoms with Gasteiger partial charge in [0, 0.05) is 11.8 Å². The molecule has 1 N–H and O–H groups in total. The largest absolute Gasteiger partial charge is 0.392 e. The lowest BCUT2D eigenvalue weighted by molar-refractivity contribution is 0.281. The summed E-state index contributed by atoms with van der Waals surface area (Å²) in [5.41, 5.74) is 1.30. The third-order valence-electron chi connectivity index (χ3n) is 2.20. The quantitative estimate of drug-likeness (QED) is 0.861. The molecule has 0 aliphatic rings. The Morgan fingerprint density at radius 3 is 2.62 bits per heavy atom. The van der Waals surface area contributed by atoms with E-state index >= 15 is 0 Å². The second kappa shape index (κ2) is 4.40. The van der Waals surface area contributed by atoms with Crippen LogP contribution in [0.3, 0.4) is 0 Å². The van der Waals surface area contributed by atoms with Crippen LogP contribution < -0.4 is 0 Å². The van der Waals surface area contributed by atoms with Crippen LogP contribution in [0.25, 0.3) is 0 Å². The van der Waals surface area contributed by atoms with E-state index in [9.17, 15) is 8.78 Å². The van der Waals surface area contributed by atoms with Gasteiger partial charge in [-0.15, -0.1) is 0 Å². The summed E-state index contributed by atoms with van der Waals surface area (Å²) in [5, 5.41) is 12.8. The number of aliphatic hydroxyl groups is 1. The molecule has 0 bridgehead atoms. The van der Waals surface area contributed by atoms with E-state index in [-0.39, 0.29) is 6.61 Å². The third kappa shape index (κ3) is 2.25. The highest BCUT2D eigenvalue weighted by atomic mass is 19.2. The molecular formula is C11H10F2N2O. The van der Waals surface area contributed by atoms with Gasteiger partial charge >= 0.3 is 0 Å². The number of aliphatic hydroxyl groups excluding tert-OH is 1. The van der Waals surface area contributed by atoms with Crippen molar-refractivity contribution in [2.24, 2.45) is 0 Å². The van der Waals surface area contributed by atoms with Gasteiger partial charge in [-0.1, -0.05) is 6.07 Å². The number of rotatable bonds is 3. The fourth-order valence-corrected chi connectivity index (χ4v) is 1.40. The van der Waals surface area contributed by atoms with Crippen LogP contribution in [-0.2, 0) is 13.2 Å². The molecule has 0 radical (unpaired) electrons. The molecule has 0 saturated carbocycles. The molecule has 0 saturated heterocycles. The minimum absolute atomic E-state index is 0.0855. The highest BCUT2D eigenvalue weighted by Crippen LogP contribution is 2.10. The fourth-order valence-electron chi connectivity index (χ4n) is 1.40. The summed E-state index contributed by atoms with van der Waals surface area (Å²) in [5.74, 6) is -1.73. The van der Waals surface area contributed by atoms with E-state index in [0.717, 1.165) is 12.1 Å². The number of aromatic nitrogens is 2. The van der Waals surface area contributed by atoms with Gasteiger partial charge < -0.3 is 5.11 Å². The summed E-state index contributed by atoms with van der Waals surface area (Å²) in [6, 6.07) is 3.72. The van der Waals surface area contributed by atoms with Gasteiger partial charge in [-0.25, -0.2) is 8.78 Å². The number of hydrogen-bond donors (Lipinski definition) is 1. The Labute approximate surface area is 91.0 Å². The van der Waals surface area contributed by atoms with Crippen LogP contribution in [0.15, 0.2) is 30.6 Å². The van der Waals surface area contributed by atoms with E-state index in [1.807, 2.05) is 0 Å². The maximum absolute atomic E-state index is 12.9. The number of halogens is 2. The zero-order chi connectivity index (χ0) is 11.5. The van der Waals surface area contributed by atoms with Crippen molar-refractivity contribution < 1.29 is 13.9 Å². The summed E-state index contributed by atoms with van der Waals surface area (Å²) >= 11 is 0. The molecule has 0 amide bonds. The number of hydrogen-bond acceptors (Lipinski definition) is 2. The molecule has 1 aromatic carbocycles. The van der Waals surface area contributed by atoms with Gasteiger partial charge in [0.1, 0.15) is 0 Å². The van der Waals surface area contributed by atoms with Crippen molar-refractivity contribution in [2.75, 3.05) is 0 Å². The first-order valence-electron chi connectivity index (χ1n) is 4.75. The molecule has 1 heterocycles. The predicted molar refractivity (Wildman–Crippen MR) is 53.6 cm³/mol. The van der Waals surface area contributed by atoms with Gasteiger partial charge in [-0.3, -0.25) is 4.68 Å². The van der Waals surface area contributed by atoms with Gasteiger partial charge in [-0.05, 0) is 17.7 Å². The standard InChI is InChI=1S/C11H10F2N2O/c12-10-2-1-8(3-11(10)13)5-15-6-9(7-16)4-14-15/h1-4,6,16H,5,7H2. The Kier molecular flexibility index (Phi) is 2.96. The molecule has 5 heteroatoms. The Morgan fingerprint density at radius 1 is 1.19 bits per heavy atom. The van der Waals surface area contributed by atoms with E-state index in [0.29, 0.717) is 17.7 Å². The van der Waals surface area contributed by atoms with Crippen LogP contribution in [0.5, 0.6) is 0 Å². The topological polar surface area (TPSA) is 38.1 Å². The maximum atomic E-state index is 12.9. The molecule has 2 rings (SSSR count). The Bertz CT molecular complexity index is 496. The smallest absolute Gasteiger partial charge is 0.159 e. The average Bonchev–Trinajstić information content (AvgIpc) is 2.71. The first kappa shape index (κ1) is 10.8. The highest BCUT2D eigenvalue weighted by Gasteiger charge is 2.04. The Morgan fingerprint density at radius 2 is 2.00 bits per heavy atom. The molecule has 0 fully saturated rings. The van der Waals surface area contributed by atoms with Crippen LogP contribution in [-0.4, -0.2) is 14.9 Å². The van der Waals surface area contributed by atoms with E-state index in [2.05, 4.69) is 5.10 Å². The van der Waals surface area contributed by atoms with Gasteiger partial charge in [0.05, 0.1) is 19.3 Å². The average molecular weight is 224 g/mol. The molecule has 0 aliphatic heterocycles. The van der Waals surface area contributed by atoms with Crippen LogP contribution in [0.4, 0.5) is 8.78 Å². The number of benzene rings is 1. The first-order chi connectivity index (χ1) is 7.69. The van der Waals surface area contributed by atoms with Crippen molar-refractivity contribution in [2.45, 2.75) is 13.2 Å². The molecule has 84 valence electrons. The first-order valence-corrected chi connectivity index (χ1v) is 4.75. The number of nitrogens with zero attached hydrogens (tertiary/aromatic N) is 2. The zero-order valence-electron chi connectivity index (χ0n) is 8.40. The van der Waals surface area contributed by atoms with Crippen molar-refractivity contribution >= 4 is 0 Å². The molecule has 1 aromatic heterocycles. The highest BCUT2D eigenvalue weighted by molar-refractivity contribution is 5.18. The minimum Gasteiger partial charge on any atom is -0.392 e. The summed E-state index contributed by atoms with van der Waals surface area (Å²) < 4.78 is 27.1. The summed E-state index contributed by atoms with van der Waals surface area (Å²) in [6.07, 6.45) is 3.18. The van der Waals surface area contributed by atoms with E-state index < -0.39 is 11.6 Å².